The highest BCUT2D eigenvalue weighted by Gasteiger charge is 1.93. The Morgan fingerprint density at radius 2 is 1.33 bits per heavy atom. The van der Waals surface area contributed by atoms with Gasteiger partial charge in [-0.25, -0.2) is 0 Å². The first kappa shape index (κ1) is 22.9. The second-order valence-corrected chi connectivity index (χ2v) is 3.58. The maximum absolute atomic E-state index is 8.29. The average Bonchev–Trinajstić information content (AvgIpc) is 2.41. The molecule has 0 spiro atoms. The minimum Gasteiger partial charge on any atom is -0.396 e. The average molecular weight is 268 g/mol. The fourth-order valence-corrected chi connectivity index (χ4v) is 0.800. The number of hydrogen-bond donors (Lipinski definition) is 4. The van der Waals surface area contributed by atoms with Gasteiger partial charge in [-0.3, -0.25) is 0 Å². The molecular weight excluding hydrogens is 236 g/mol. The van der Waals surface area contributed by atoms with Crippen LogP contribution in [0, 0.1) is 0 Å². The van der Waals surface area contributed by atoms with E-state index in [9.17, 15) is 0 Å². The molecule has 0 bridgehead atoms. The zero-order valence-electron chi connectivity index (χ0n) is 12.1. The predicted molar refractivity (Wildman–Crippen MR) is 73.6 cm³/mol. The molecule has 0 aromatic heterocycles. The van der Waals surface area contributed by atoms with Gasteiger partial charge < -0.3 is 25.2 Å². The van der Waals surface area contributed by atoms with Gasteiger partial charge in [0, 0.05) is 19.8 Å². The van der Waals surface area contributed by atoms with Gasteiger partial charge in [-0.05, 0) is 20.3 Å². The predicted octanol–water partition coefficient (Wildman–Crippen LogP) is 0.934. The highest BCUT2D eigenvalue weighted by molar-refractivity contribution is 4.44. The first-order valence-electron chi connectivity index (χ1n) is 6.72. The maximum Gasteiger partial charge on any atom is 0.100 e. The summed E-state index contributed by atoms with van der Waals surface area (Å²) in [6.07, 6.45) is 3.73. The molecule has 0 saturated carbocycles. The van der Waals surface area contributed by atoms with Crippen molar-refractivity contribution in [3.63, 3.8) is 0 Å². The third-order valence-electron chi connectivity index (χ3n) is 1.84. The standard InChI is InChI=1S/C6H14O.C4H10O.C3H8O3/c1-2-3-4-5-6-7;1-3-5-4-2;4-1-3(6)2-5/h7H,2-6H2,1H3;3-4H2,1-2H3;3-6H,1-2H2. The topological polar surface area (TPSA) is 90.2 Å². The molecular formula is C13H32O5. The van der Waals surface area contributed by atoms with Crippen molar-refractivity contribution >= 4 is 0 Å². The van der Waals surface area contributed by atoms with Crippen molar-refractivity contribution in [3.05, 3.63) is 0 Å². The van der Waals surface area contributed by atoms with Crippen LogP contribution in [0.15, 0.2) is 0 Å². The molecule has 0 aromatic carbocycles. The van der Waals surface area contributed by atoms with Crippen molar-refractivity contribution in [2.24, 2.45) is 0 Å². The molecule has 0 aliphatic heterocycles. The summed E-state index contributed by atoms with van der Waals surface area (Å²) >= 11 is 0. The monoisotopic (exact) mass is 268 g/mol. The fourth-order valence-electron chi connectivity index (χ4n) is 0.800. The summed E-state index contributed by atoms with van der Waals surface area (Å²) in [6, 6.07) is 0. The summed E-state index contributed by atoms with van der Waals surface area (Å²) in [5.41, 5.74) is 0. The van der Waals surface area contributed by atoms with Crippen LogP contribution in [0.3, 0.4) is 0 Å². The van der Waals surface area contributed by atoms with Crippen molar-refractivity contribution in [2.75, 3.05) is 33.0 Å². The number of aliphatic hydroxyl groups is 4. The molecule has 0 unspecified atom stereocenters. The van der Waals surface area contributed by atoms with Crippen LogP contribution in [0.1, 0.15) is 46.5 Å². The molecule has 5 nitrogen and oxygen atoms in total. The van der Waals surface area contributed by atoms with Crippen LogP contribution in [0.2, 0.25) is 0 Å². The molecule has 0 amide bonds. The van der Waals surface area contributed by atoms with Gasteiger partial charge in [-0.2, -0.15) is 0 Å². The van der Waals surface area contributed by atoms with E-state index in [1.807, 2.05) is 13.8 Å². The summed E-state index contributed by atoms with van der Waals surface area (Å²) in [4.78, 5) is 0. The molecule has 0 heterocycles. The Morgan fingerprint density at radius 3 is 1.50 bits per heavy atom. The molecule has 0 rings (SSSR count). The number of ether oxygens (including phenoxy) is 1. The minimum absolute atomic E-state index is 0.361. The van der Waals surface area contributed by atoms with Gasteiger partial charge in [0.05, 0.1) is 13.2 Å². The van der Waals surface area contributed by atoms with Gasteiger partial charge in [0.1, 0.15) is 6.10 Å². The SMILES string of the molecule is CCCCCCO.CCOCC.OCC(O)CO. The van der Waals surface area contributed by atoms with E-state index >= 15 is 0 Å². The van der Waals surface area contributed by atoms with Crippen LogP contribution in [0.4, 0.5) is 0 Å². The zero-order valence-corrected chi connectivity index (χ0v) is 12.1. The Labute approximate surface area is 111 Å². The molecule has 18 heavy (non-hydrogen) atoms. The summed E-state index contributed by atoms with van der Waals surface area (Å²) in [5.74, 6) is 0. The van der Waals surface area contributed by atoms with Crippen LogP contribution in [0.5, 0.6) is 0 Å². The van der Waals surface area contributed by atoms with E-state index in [4.69, 9.17) is 25.2 Å². The van der Waals surface area contributed by atoms with E-state index < -0.39 is 6.10 Å². The number of unbranched alkanes of at least 4 members (excludes halogenated alkanes) is 3. The van der Waals surface area contributed by atoms with E-state index in [2.05, 4.69) is 6.92 Å². The molecule has 0 aliphatic rings. The second kappa shape index (κ2) is 25.6. The van der Waals surface area contributed by atoms with E-state index in [-0.39, 0.29) is 13.2 Å². The fraction of sp³-hybridized carbons (Fsp3) is 1.00. The number of rotatable bonds is 8. The molecule has 0 aliphatic carbocycles. The minimum atomic E-state index is -0.954. The lowest BCUT2D eigenvalue weighted by molar-refractivity contribution is 0.0450. The van der Waals surface area contributed by atoms with Gasteiger partial charge in [-0.15, -0.1) is 0 Å². The maximum atomic E-state index is 8.29. The van der Waals surface area contributed by atoms with Crippen molar-refractivity contribution in [1.82, 2.24) is 0 Å². The Balaban J connectivity index is -0.000000190. The normalized spacial score (nSPS) is 9.33. The lowest BCUT2D eigenvalue weighted by atomic mass is 10.2. The highest BCUT2D eigenvalue weighted by Crippen LogP contribution is 1.96. The second-order valence-electron chi connectivity index (χ2n) is 3.58. The molecule has 4 N–H and O–H groups in total. The lowest BCUT2D eigenvalue weighted by Crippen LogP contribution is -2.15. The Morgan fingerprint density at radius 1 is 0.833 bits per heavy atom. The Kier molecular flexibility index (Phi) is 32.6. The van der Waals surface area contributed by atoms with Gasteiger partial charge in [-0.1, -0.05) is 26.2 Å². The quantitative estimate of drug-likeness (QED) is 0.492. The van der Waals surface area contributed by atoms with Crippen LogP contribution >= 0.6 is 0 Å². The van der Waals surface area contributed by atoms with Crippen LogP contribution < -0.4 is 0 Å². The van der Waals surface area contributed by atoms with Crippen molar-refractivity contribution < 1.29 is 25.2 Å². The largest absolute Gasteiger partial charge is 0.396 e. The Hall–Kier alpha value is -0.200. The zero-order chi connectivity index (χ0) is 14.6. The lowest BCUT2D eigenvalue weighted by Gasteiger charge is -1.96. The van der Waals surface area contributed by atoms with E-state index in [1.54, 1.807) is 0 Å². The molecule has 0 radical (unpaired) electrons. The first-order valence-corrected chi connectivity index (χ1v) is 6.72. The molecule has 114 valence electrons. The van der Waals surface area contributed by atoms with Gasteiger partial charge in [0.2, 0.25) is 0 Å². The Bertz CT molecular complexity index is 102. The molecule has 0 aromatic rings. The summed E-state index contributed by atoms with van der Waals surface area (Å²) in [7, 11) is 0. The van der Waals surface area contributed by atoms with Crippen molar-refractivity contribution in [2.45, 2.75) is 52.6 Å². The van der Waals surface area contributed by atoms with E-state index in [0.29, 0.717) is 6.61 Å². The van der Waals surface area contributed by atoms with Gasteiger partial charge in [0.25, 0.3) is 0 Å². The van der Waals surface area contributed by atoms with Crippen LogP contribution in [-0.4, -0.2) is 59.6 Å². The number of hydrogen-bond acceptors (Lipinski definition) is 5. The van der Waals surface area contributed by atoms with Crippen LogP contribution in [0.25, 0.3) is 0 Å². The van der Waals surface area contributed by atoms with Crippen LogP contribution in [-0.2, 0) is 4.74 Å². The molecule has 5 heteroatoms. The van der Waals surface area contributed by atoms with Crippen molar-refractivity contribution in [1.29, 1.82) is 0 Å². The smallest absolute Gasteiger partial charge is 0.100 e. The van der Waals surface area contributed by atoms with Crippen molar-refractivity contribution in [3.8, 4) is 0 Å². The van der Waals surface area contributed by atoms with Gasteiger partial charge >= 0.3 is 0 Å². The van der Waals surface area contributed by atoms with Gasteiger partial charge in [0.15, 0.2) is 0 Å². The third kappa shape index (κ3) is 36.0. The van der Waals surface area contributed by atoms with E-state index in [1.165, 1.54) is 19.3 Å². The number of aliphatic hydroxyl groups excluding tert-OH is 4. The summed E-state index contributed by atoms with van der Waals surface area (Å²) < 4.78 is 4.83. The third-order valence-corrected chi connectivity index (χ3v) is 1.84. The first-order chi connectivity index (χ1) is 8.64. The molecule has 0 saturated heterocycles. The molecule has 0 fully saturated rings. The van der Waals surface area contributed by atoms with E-state index in [0.717, 1.165) is 19.6 Å². The highest BCUT2D eigenvalue weighted by atomic mass is 16.5. The molecule has 0 atom stereocenters. The summed E-state index contributed by atoms with van der Waals surface area (Å²) in [5, 5.41) is 32.3. The summed E-state index contributed by atoms with van der Waals surface area (Å²) in [6.45, 7) is 7.46.